The van der Waals surface area contributed by atoms with E-state index in [-0.39, 0.29) is 5.28 Å². The second-order valence-electron chi connectivity index (χ2n) is 3.30. The van der Waals surface area contributed by atoms with Crippen LogP contribution in [0.15, 0.2) is 30.9 Å². The van der Waals surface area contributed by atoms with E-state index in [1.807, 2.05) is 6.07 Å². The van der Waals surface area contributed by atoms with Crippen LogP contribution < -0.4 is 0 Å². The molecule has 0 saturated heterocycles. The highest BCUT2D eigenvalue weighted by molar-refractivity contribution is 7.19. The van der Waals surface area contributed by atoms with Crippen LogP contribution in [0, 0.1) is 0 Å². The van der Waals surface area contributed by atoms with E-state index in [2.05, 4.69) is 19.9 Å². The largest absolute Gasteiger partial charge is 0.274 e. The number of halogens is 2. The second-order valence-corrected chi connectivity index (χ2v) is 5.35. The standard InChI is InChI=1S/C10H5Cl2N5S/c11-7-2-1-6(18-7)8-14-9(12)16-10(15-8)17-4-3-13-5-17/h1-5H. The molecule has 3 aromatic heterocycles. The van der Waals surface area contributed by atoms with Crippen LogP contribution in [0.2, 0.25) is 9.62 Å². The summed E-state index contributed by atoms with van der Waals surface area (Å²) in [6.07, 6.45) is 4.97. The van der Waals surface area contributed by atoms with Gasteiger partial charge in [0.25, 0.3) is 0 Å². The first-order chi connectivity index (χ1) is 8.72. The second kappa shape index (κ2) is 4.64. The molecule has 0 atom stereocenters. The van der Waals surface area contributed by atoms with Crippen molar-refractivity contribution >= 4 is 34.5 Å². The fraction of sp³-hybridized carbons (Fsp3) is 0. The molecule has 90 valence electrons. The summed E-state index contributed by atoms with van der Waals surface area (Å²) in [7, 11) is 0. The molecule has 0 aliphatic heterocycles. The van der Waals surface area contributed by atoms with Gasteiger partial charge in [-0.3, -0.25) is 4.57 Å². The third-order valence-corrected chi connectivity index (χ3v) is 3.52. The van der Waals surface area contributed by atoms with Crippen LogP contribution in [0.5, 0.6) is 0 Å². The van der Waals surface area contributed by atoms with Crippen LogP contribution in [-0.2, 0) is 0 Å². The molecule has 0 amide bonds. The van der Waals surface area contributed by atoms with Crippen molar-refractivity contribution in [1.82, 2.24) is 24.5 Å². The Kier molecular flexibility index (Phi) is 2.99. The molecule has 0 fully saturated rings. The van der Waals surface area contributed by atoms with Crippen molar-refractivity contribution in [2.24, 2.45) is 0 Å². The Hall–Kier alpha value is -1.50. The number of thiophene rings is 1. The quantitative estimate of drug-likeness (QED) is 0.729. The van der Waals surface area contributed by atoms with E-state index in [1.54, 1.807) is 29.4 Å². The fourth-order valence-corrected chi connectivity index (χ4v) is 2.51. The van der Waals surface area contributed by atoms with Crippen molar-refractivity contribution in [1.29, 1.82) is 0 Å². The van der Waals surface area contributed by atoms with E-state index in [1.165, 1.54) is 11.3 Å². The van der Waals surface area contributed by atoms with Gasteiger partial charge >= 0.3 is 0 Å². The molecule has 0 bridgehead atoms. The normalized spacial score (nSPS) is 10.8. The molecule has 3 rings (SSSR count). The van der Waals surface area contributed by atoms with Gasteiger partial charge in [-0.1, -0.05) is 11.6 Å². The molecule has 0 aliphatic rings. The minimum atomic E-state index is 0.133. The predicted molar refractivity (Wildman–Crippen MR) is 70.3 cm³/mol. The Morgan fingerprint density at radius 1 is 1.11 bits per heavy atom. The van der Waals surface area contributed by atoms with Crippen molar-refractivity contribution in [3.05, 3.63) is 40.5 Å². The van der Waals surface area contributed by atoms with Crippen LogP contribution in [0.25, 0.3) is 16.6 Å². The summed E-state index contributed by atoms with van der Waals surface area (Å²) in [6.45, 7) is 0. The van der Waals surface area contributed by atoms with Crippen LogP contribution in [0.3, 0.4) is 0 Å². The van der Waals surface area contributed by atoms with E-state index in [0.29, 0.717) is 16.1 Å². The Labute approximate surface area is 116 Å². The summed E-state index contributed by atoms with van der Waals surface area (Å²) >= 11 is 13.2. The SMILES string of the molecule is Clc1nc(-c2ccc(Cl)s2)nc(-n2ccnc2)n1. The third kappa shape index (κ3) is 2.22. The van der Waals surface area contributed by atoms with E-state index in [0.717, 1.165) is 4.88 Å². The fourth-order valence-electron chi connectivity index (χ4n) is 1.38. The highest BCUT2D eigenvalue weighted by Gasteiger charge is 2.10. The topological polar surface area (TPSA) is 56.5 Å². The number of imidazole rings is 1. The van der Waals surface area contributed by atoms with Gasteiger partial charge in [0.2, 0.25) is 11.2 Å². The number of hydrogen-bond donors (Lipinski definition) is 0. The zero-order valence-corrected chi connectivity index (χ0v) is 11.1. The number of rotatable bonds is 2. The van der Waals surface area contributed by atoms with Crippen LogP contribution in [0.4, 0.5) is 0 Å². The highest BCUT2D eigenvalue weighted by atomic mass is 35.5. The molecule has 0 N–H and O–H groups in total. The minimum Gasteiger partial charge on any atom is -0.274 e. The molecule has 0 radical (unpaired) electrons. The molecule has 8 heteroatoms. The van der Waals surface area contributed by atoms with Crippen molar-refractivity contribution < 1.29 is 0 Å². The van der Waals surface area contributed by atoms with Gasteiger partial charge in [-0.25, -0.2) is 4.98 Å². The molecular formula is C10H5Cl2N5S. The van der Waals surface area contributed by atoms with Gasteiger partial charge in [0.05, 0.1) is 9.21 Å². The summed E-state index contributed by atoms with van der Waals surface area (Å²) in [5.41, 5.74) is 0. The number of hydrogen-bond acceptors (Lipinski definition) is 5. The molecule has 0 spiro atoms. The predicted octanol–water partition coefficient (Wildman–Crippen LogP) is 3.09. The van der Waals surface area contributed by atoms with Gasteiger partial charge in [0.1, 0.15) is 6.33 Å². The maximum Gasteiger partial charge on any atom is 0.239 e. The zero-order chi connectivity index (χ0) is 12.5. The molecule has 5 nitrogen and oxygen atoms in total. The third-order valence-electron chi connectivity index (χ3n) is 2.13. The lowest BCUT2D eigenvalue weighted by molar-refractivity contribution is 0.900. The van der Waals surface area contributed by atoms with Crippen molar-refractivity contribution in [3.8, 4) is 16.6 Å². The van der Waals surface area contributed by atoms with Crippen molar-refractivity contribution in [2.45, 2.75) is 0 Å². The lowest BCUT2D eigenvalue weighted by Crippen LogP contribution is -2.02. The highest BCUT2D eigenvalue weighted by Crippen LogP contribution is 2.29. The molecule has 0 saturated carbocycles. The van der Waals surface area contributed by atoms with Gasteiger partial charge < -0.3 is 0 Å². The first kappa shape index (κ1) is 11.6. The van der Waals surface area contributed by atoms with Gasteiger partial charge in [-0.05, 0) is 23.7 Å². The van der Waals surface area contributed by atoms with E-state index < -0.39 is 0 Å². The molecule has 0 aromatic carbocycles. The van der Waals surface area contributed by atoms with Crippen LogP contribution >= 0.6 is 34.5 Å². The van der Waals surface area contributed by atoms with Gasteiger partial charge in [-0.2, -0.15) is 15.0 Å². The van der Waals surface area contributed by atoms with E-state index in [9.17, 15) is 0 Å². The first-order valence-corrected chi connectivity index (χ1v) is 6.45. The Morgan fingerprint density at radius 3 is 2.67 bits per heavy atom. The average Bonchev–Trinajstić information content (AvgIpc) is 2.98. The maximum absolute atomic E-state index is 5.90. The summed E-state index contributed by atoms with van der Waals surface area (Å²) in [5.74, 6) is 0.919. The smallest absolute Gasteiger partial charge is 0.239 e. The summed E-state index contributed by atoms with van der Waals surface area (Å²) in [4.78, 5) is 17.2. The summed E-state index contributed by atoms with van der Waals surface area (Å²) in [6, 6.07) is 3.63. The maximum atomic E-state index is 5.90. The zero-order valence-electron chi connectivity index (χ0n) is 8.79. The molecule has 18 heavy (non-hydrogen) atoms. The Morgan fingerprint density at radius 2 is 2.00 bits per heavy atom. The van der Waals surface area contributed by atoms with E-state index in [4.69, 9.17) is 23.2 Å². The van der Waals surface area contributed by atoms with E-state index >= 15 is 0 Å². The Balaban J connectivity index is 2.11. The van der Waals surface area contributed by atoms with Gasteiger partial charge in [0, 0.05) is 12.4 Å². The van der Waals surface area contributed by atoms with Crippen LogP contribution in [-0.4, -0.2) is 24.5 Å². The van der Waals surface area contributed by atoms with Gasteiger partial charge in [0.15, 0.2) is 5.82 Å². The Bertz CT molecular complexity index is 679. The molecular weight excluding hydrogens is 293 g/mol. The number of aromatic nitrogens is 5. The summed E-state index contributed by atoms with van der Waals surface area (Å²) < 4.78 is 2.33. The first-order valence-electron chi connectivity index (χ1n) is 4.88. The monoisotopic (exact) mass is 297 g/mol. The van der Waals surface area contributed by atoms with Crippen LogP contribution in [0.1, 0.15) is 0 Å². The lowest BCUT2D eigenvalue weighted by Gasteiger charge is -2.02. The average molecular weight is 298 g/mol. The summed E-state index contributed by atoms with van der Waals surface area (Å²) in [5, 5.41) is 0.133. The van der Waals surface area contributed by atoms with Gasteiger partial charge in [-0.15, -0.1) is 11.3 Å². The molecule has 0 unspecified atom stereocenters. The molecule has 0 aliphatic carbocycles. The minimum absolute atomic E-state index is 0.133. The molecule has 3 aromatic rings. The number of nitrogens with zero attached hydrogens (tertiary/aromatic N) is 5. The van der Waals surface area contributed by atoms with Crippen molar-refractivity contribution in [2.75, 3.05) is 0 Å². The lowest BCUT2D eigenvalue weighted by atomic mass is 10.4. The van der Waals surface area contributed by atoms with Crippen molar-refractivity contribution in [3.63, 3.8) is 0 Å². The molecule has 3 heterocycles.